The highest BCUT2D eigenvalue weighted by Gasteiger charge is 2.24. The Morgan fingerprint density at radius 3 is 1.75 bits per heavy atom. The molecule has 1 aromatic rings. The molecule has 0 aromatic heterocycles. The van der Waals surface area contributed by atoms with Gasteiger partial charge in [-0.1, -0.05) is 122 Å². The monoisotopic (exact) mass is 561 g/mol. The lowest BCUT2D eigenvalue weighted by molar-refractivity contribution is -0.917. The average molecular weight is 562 g/mol. The molecule has 40 heavy (non-hydrogen) atoms. The fourth-order valence-corrected chi connectivity index (χ4v) is 5.25. The molecule has 1 fully saturated rings. The van der Waals surface area contributed by atoms with Crippen LogP contribution in [0.2, 0.25) is 0 Å². The van der Waals surface area contributed by atoms with E-state index in [0.29, 0.717) is 12.0 Å². The van der Waals surface area contributed by atoms with Gasteiger partial charge in [-0.3, -0.25) is 4.79 Å². The summed E-state index contributed by atoms with van der Waals surface area (Å²) in [7, 11) is 2.40. The Bertz CT molecular complexity index is 804. The van der Waals surface area contributed by atoms with E-state index in [1.807, 2.05) is 0 Å². The van der Waals surface area contributed by atoms with Crippen LogP contribution in [0.25, 0.3) is 0 Å². The van der Waals surface area contributed by atoms with Crippen LogP contribution in [0.5, 0.6) is 5.75 Å². The Kier molecular flexibility index (Phi) is 20.5. The van der Waals surface area contributed by atoms with Crippen molar-refractivity contribution in [2.45, 2.75) is 129 Å². The number of nitrogens with zero attached hydrogens (tertiary/aromatic N) is 1. The van der Waals surface area contributed by atoms with Crippen LogP contribution in [0.1, 0.15) is 150 Å². The lowest BCUT2D eigenvalue weighted by Gasteiger charge is -2.37. The Morgan fingerprint density at radius 2 is 1.25 bits per heavy atom. The molecule has 1 aromatic carbocycles. The van der Waals surface area contributed by atoms with E-state index < -0.39 is 11.7 Å². The van der Waals surface area contributed by atoms with Crippen molar-refractivity contribution in [3.05, 3.63) is 29.3 Å². The van der Waals surface area contributed by atoms with Crippen molar-refractivity contribution in [2.24, 2.45) is 0 Å². The third-order valence-electron chi connectivity index (χ3n) is 8.14. The quantitative estimate of drug-likeness (QED) is 0.0929. The average Bonchev–Trinajstić information content (AvgIpc) is 2.94. The number of Topliss-reactive ketones (excluding diaryl/α,β-unsaturated/α-hetero) is 1. The number of hydrogen-bond acceptors (Lipinski definition) is 4. The fraction of sp³-hybridized carbons (Fsp3) is 0.765. The SMILES string of the molecule is CCCCCCCCCC(=O)c1ccc([O-])c(C(=O)O)c1.CCCCCCCCCCCC[N+]1(C)CCOCC1. The summed E-state index contributed by atoms with van der Waals surface area (Å²) in [4.78, 5) is 22.8. The zero-order valence-electron chi connectivity index (χ0n) is 26.0. The highest BCUT2D eigenvalue weighted by atomic mass is 16.5. The largest absolute Gasteiger partial charge is 0.872 e. The summed E-state index contributed by atoms with van der Waals surface area (Å²) in [6, 6.07) is 3.76. The maximum atomic E-state index is 12.0. The second-order valence-corrected chi connectivity index (χ2v) is 11.9. The molecule has 0 saturated carbocycles. The molecule has 0 spiro atoms. The summed E-state index contributed by atoms with van der Waals surface area (Å²) in [5.74, 6) is -1.94. The highest BCUT2D eigenvalue weighted by Crippen LogP contribution is 2.18. The number of likely N-dealkylation sites (N-methyl/N-ethyl adjacent to an activating group) is 1. The zero-order valence-corrected chi connectivity index (χ0v) is 26.0. The van der Waals surface area contributed by atoms with Crippen LogP contribution in [0.4, 0.5) is 0 Å². The fourth-order valence-electron chi connectivity index (χ4n) is 5.25. The van der Waals surface area contributed by atoms with Crippen molar-refractivity contribution in [1.29, 1.82) is 0 Å². The van der Waals surface area contributed by atoms with Crippen LogP contribution in [0.15, 0.2) is 18.2 Å². The number of carboxylic acid groups (broad SMARTS) is 1. The van der Waals surface area contributed by atoms with Crippen molar-refractivity contribution in [2.75, 3.05) is 39.9 Å². The molecule has 0 radical (unpaired) electrons. The van der Waals surface area contributed by atoms with Gasteiger partial charge in [0.1, 0.15) is 13.1 Å². The molecule has 6 nitrogen and oxygen atoms in total. The number of ether oxygens (including phenoxy) is 1. The molecule has 1 saturated heterocycles. The number of unbranched alkanes of at least 4 members (excludes halogenated alkanes) is 15. The molecule has 1 aliphatic rings. The van der Waals surface area contributed by atoms with Crippen LogP contribution in [0.3, 0.4) is 0 Å². The molecular weight excluding hydrogens is 502 g/mol. The van der Waals surface area contributed by atoms with E-state index in [0.717, 1.165) is 38.5 Å². The molecule has 0 atom stereocenters. The molecule has 230 valence electrons. The molecule has 0 amide bonds. The highest BCUT2D eigenvalue weighted by molar-refractivity contribution is 5.99. The van der Waals surface area contributed by atoms with Gasteiger partial charge in [0.05, 0.1) is 32.4 Å². The first-order valence-electron chi connectivity index (χ1n) is 16.3. The first kappa shape index (κ1) is 36.1. The van der Waals surface area contributed by atoms with Gasteiger partial charge >= 0.3 is 5.97 Å². The first-order valence-corrected chi connectivity index (χ1v) is 16.3. The first-order chi connectivity index (χ1) is 19.3. The zero-order chi connectivity index (χ0) is 29.5. The summed E-state index contributed by atoms with van der Waals surface area (Å²) >= 11 is 0. The molecular formula is C34H59NO5. The number of benzene rings is 1. The van der Waals surface area contributed by atoms with Gasteiger partial charge in [0.25, 0.3) is 0 Å². The van der Waals surface area contributed by atoms with Gasteiger partial charge in [0.15, 0.2) is 5.78 Å². The number of quaternary nitrogens is 1. The lowest BCUT2D eigenvalue weighted by atomic mass is 10.0. The molecule has 0 unspecified atom stereocenters. The lowest BCUT2D eigenvalue weighted by Crippen LogP contribution is -2.52. The van der Waals surface area contributed by atoms with Crippen molar-refractivity contribution < 1.29 is 29.0 Å². The van der Waals surface area contributed by atoms with Crippen molar-refractivity contribution in [1.82, 2.24) is 0 Å². The number of morpholine rings is 1. The number of carboxylic acids is 1. The van der Waals surface area contributed by atoms with Gasteiger partial charge in [-0.05, 0) is 25.3 Å². The Balaban J connectivity index is 0.000000402. The van der Waals surface area contributed by atoms with Gasteiger partial charge in [-0.25, -0.2) is 4.79 Å². The maximum absolute atomic E-state index is 12.0. The number of rotatable bonds is 21. The summed E-state index contributed by atoms with van der Waals surface area (Å²) < 4.78 is 6.70. The van der Waals surface area contributed by atoms with Crippen LogP contribution in [-0.2, 0) is 4.74 Å². The summed E-state index contributed by atoms with van der Waals surface area (Å²) in [5, 5.41) is 20.2. The molecule has 2 rings (SSSR count). The molecule has 1 N–H and O–H groups in total. The second kappa shape index (κ2) is 22.7. The normalized spacial score (nSPS) is 14.4. The van der Waals surface area contributed by atoms with Gasteiger partial charge < -0.3 is 19.4 Å². The van der Waals surface area contributed by atoms with E-state index in [1.165, 1.54) is 126 Å². The number of carbonyl (C=O) groups is 2. The predicted molar refractivity (Wildman–Crippen MR) is 163 cm³/mol. The van der Waals surface area contributed by atoms with Crippen LogP contribution in [-0.4, -0.2) is 61.2 Å². The second-order valence-electron chi connectivity index (χ2n) is 11.9. The van der Waals surface area contributed by atoms with E-state index in [2.05, 4.69) is 20.9 Å². The van der Waals surface area contributed by atoms with E-state index in [9.17, 15) is 14.7 Å². The van der Waals surface area contributed by atoms with Gasteiger partial charge in [0.2, 0.25) is 0 Å². The molecule has 0 bridgehead atoms. The van der Waals surface area contributed by atoms with Crippen molar-refractivity contribution >= 4 is 11.8 Å². The van der Waals surface area contributed by atoms with Gasteiger partial charge in [0, 0.05) is 12.0 Å². The molecule has 1 aliphatic heterocycles. The van der Waals surface area contributed by atoms with E-state index >= 15 is 0 Å². The van der Waals surface area contributed by atoms with Crippen LogP contribution >= 0.6 is 0 Å². The number of carbonyl (C=O) groups excluding carboxylic acids is 1. The maximum Gasteiger partial charge on any atom is 0.335 e. The molecule has 1 heterocycles. The van der Waals surface area contributed by atoms with Gasteiger partial charge in [-0.15, -0.1) is 0 Å². The summed E-state index contributed by atoms with van der Waals surface area (Å²) in [6.45, 7) is 10.2. The minimum atomic E-state index is -1.29. The van der Waals surface area contributed by atoms with Crippen LogP contribution < -0.4 is 5.11 Å². The Hall–Kier alpha value is -1.92. The molecule has 6 heteroatoms. The smallest absolute Gasteiger partial charge is 0.335 e. The third-order valence-corrected chi connectivity index (χ3v) is 8.14. The van der Waals surface area contributed by atoms with Gasteiger partial charge in [-0.2, -0.15) is 0 Å². The topological polar surface area (TPSA) is 86.7 Å². The summed E-state index contributed by atoms with van der Waals surface area (Å²) in [6.07, 6.45) is 22.7. The van der Waals surface area contributed by atoms with Crippen molar-refractivity contribution in [3.8, 4) is 5.75 Å². The Morgan fingerprint density at radius 1 is 0.775 bits per heavy atom. The van der Waals surface area contributed by atoms with Crippen molar-refractivity contribution in [3.63, 3.8) is 0 Å². The van der Waals surface area contributed by atoms with E-state index in [1.54, 1.807) is 0 Å². The molecule has 0 aliphatic carbocycles. The minimum absolute atomic E-state index is 0.0916. The van der Waals surface area contributed by atoms with Crippen LogP contribution in [0, 0.1) is 0 Å². The van der Waals surface area contributed by atoms with E-state index in [4.69, 9.17) is 9.84 Å². The predicted octanol–water partition coefficient (Wildman–Crippen LogP) is 8.17. The number of hydrogen-bond donors (Lipinski definition) is 1. The Labute approximate surface area is 245 Å². The summed E-state index contributed by atoms with van der Waals surface area (Å²) in [5.41, 5.74) is -0.0154. The minimum Gasteiger partial charge on any atom is -0.872 e. The standard InChI is InChI=1S/C17H36NO.C17H24O4/c1-3-4-5-6-7-8-9-10-11-12-13-18(2)14-16-19-17-15-18;1-2-3-4-5-6-7-8-9-15(18)13-10-11-16(19)14(12-13)17(20)21/h3-17H2,1-2H3;10-12,19H,2-9H2,1H3,(H,20,21)/q+1;/p-1. The number of aromatic carboxylic acids is 1. The third kappa shape index (κ3) is 17.0. The number of ketones is 1. The van der Waals surface area contributed by atoms with E-state index in [-0.39, 0.29) is 11.3 Å².